The molecule has 0 spiro atoms. The maximum atomic E-state index is 13.2. The fourth-order valence-corrected chi connectivity index (χ4v) is 3.86. The lowest BCUT2D eigenvalue weighted by Crippen LogP contribution is -2.39. The van der Waals surface area contributed by atoms with Crippen LogP contribution in [-0.4, -0.2) is 18.5 Å². The lowest BCUT2D eigenvalue weighted by molar-refractivity contribution is -0.119. The molecule has 3 amide bonds. The van der Waals surface area contributed by atoms with E-state index in [4.69, 9.17) is 6.57 Å². The van der Waals surface area contributed by atoms with Crippen molar-refractivity contribution in [3.05, 3.63) is 89.8 Å². The van der Waals surface area contributed by atoms with Crippen LogP contribution in [0.3, 0.4) is 0 Å². The summed E-state index contributed by atoms with van der Waals surface area (Å²) >= 11 is 0. The summed E-state index contributed by atoms with van der Waals surface area (Å²) in [6.07, 6.45) is 2.50. The number of carbonyl (C=O) groups is 2. The van der Waals surface area contributed by atoms with Gasteiger partial charge in [-0.3, -0.25) is 10.2 Å². The van der Waals surface area contributed by atoms with E-state index < -0.39 is 0 Å². The summed E-state index contributed by atoms with van der Waals surface area (Å²) in [4.78, 5) is 30.8. The molecule has 0 atom stereocenters. The number of hydrogen-bond donors (Lipinski definition) is 2. The van der Waals surface area contributed by atoms with E-state index in [0.717, 1.165) is 30.6 Å². The number of hydrazine groups is 1. The number of urea groups is 1. The molecule has 0 bridgehead atoms. The third kappa shape index (κ3) is 5.13. The Bertz CT molecular complexity index is 1200. The first-order valence-electron chi connectivity index (χ1n) is 10.9. The Morgan fingerprint density at radius 1 is 1.00 bits per heavy atom. The molecule has 33 heavy (non-hydrogen) atoms. The van der Waals surface area contributed by atoms with Crippen LogP contribution in [0.1, 0.15) is 24.8 Å². The summed E-state index contributed by atoms with van der Waals surface area (Å²) in [6, 6.07) is 21.4. The molecule has 0 aliphatic carbocycles. The molecule has 7 nitrogen and oxygen atoms in total. The highest BCUT2D eigenvalue weighted by Gasteiger charge is 2.22. The van der Waals surface area contributed by atoms with Gasteiger partial charge in [0.2, 0.25) is 5.91 Å². The van der Waals surface area contributed by atoms with Crippen LogP contribution in [0.5, 0.6) is 0 Å². The summed E-state index contributed by atoms with van der Waals surface area (Å²) in [7, 11) is 0. The number of nitrogens with one attached hydrogen (secondary N) is 2. The van der Waals surface area contributed by atoms with Crippen LogP contribution in [0.15, 0.2) is 72.8 Å². The van der Waals surface area contributed by atoms with Crippen molar-refractivity contribution < 1.29 is 9.59 Å². The van der Waals surface area contributed by atoms with Crippen LogP contribution in [0, 0.1) is 13.5 Å². The zero-order valence-corrected chi connectivity index (χ0v) is 18.4. The molecule has 1 aliphatic heterocycles. The molecule has 4 rings (SSSR count). The minimum atomic E-state index is -0.379. The summed E-state index contributed by atoms with van der Waals surface area (Å²) in [5, 5.41) is 4.34. The predicted molar refractivity (Wildman–Crippen MR) is 132 cm³/mol. The first-order valence-corrected chi connectivity index (χ1v) is 10.9. The number of hydrogen-bond acceptors (Lipinski definition) is 3. The molecule has 2 N–H and O–H groups in total. The van der Waals surface area contributed by atoms with Gasteiger partial charge in [-0.2, -0.15) is 0 Å². The lowest BCUT2D eigenvalue weighted by Gasteiger charge is -2.29. The lowest BCUT2D eigenvalue weighted by atomic mass is 10.1. The van der Waals surface area contributed by atoms with Crippen LogP contribution < -0.4 is 20.7 Å². The summed E-state index contributed by atoms with van der Waals surface area (Å²) in [6.45, 7) is 9.89. The second-order valence-corrected chi connectivity index (χ2v) is 7.88. The fraction of sp³-hybridized carbons (Fsp3) is 0.192. The largest absolute Gasteiger partial charge is 0.345 e. The molecule has 0 radical (unpaired) electrons. The van der Waals surface area contributed by atoms with Crippen LogP contribution in [0.25, 0.3) is 4.85 Å². The topological polar surface area (TPSA) is 69.0 Å². The number of nitrogens with zero attached hydrogens (tertiary/aromatic N) is 3. The van der Waals surface area contributed by atoms with Crippen molar-refractivity contribution in [2.45, 2.75) is 26.2 Å². The van der Waals surface area contributed by atoms with Gasteiger partial charge < -0.3 is 10.2 Å². The Kier molecular flexibility index (Phi) is 6.56. The molecule has 1 saturated heterocycles. The molecular weight excluding hydrogens is 414 g/mol. The minimum absolute atomic E-state index is 0.141. The van der Waals surface area contributed by atoms with Crippen LogP contribution in [0.4, 0.5) is 33.2 Å². The van der Waals surface area contributed by atoms with Crippen molar-refractivity contribution in [2.24, 2.45) is 0 Å². The third-order valence-corrected chi connectivity index (χ3v) is 5.50. The van der Waals surface area contributed by atoms with Crippen LogP contribution in [-0.2, 0) is 4.79 Å². The Labute approximate surface area is 193 Å². The number of para-hydroxylation sites is 1. The molecule has 1 fully saturated rings. The van der Waals surface area contributed by atoms with Gasteiger partial charge >= 0.3 is 6.03 Å². The van der Waals surface area contributed by atoms with Gasteiger partial charge in [-0.05, 0) is 67.8 Å². The van der Waals surface area contributed by atoms with Crippen molar-refractivity contribution in [1.82, 2.24) is 0 Å². The average Bonchev–Trinajstić information content (AvgIpc) is 2.84. The van der Waals surface area contributed by atoms with E-state index in [1.165, 1.54) is 5.01 Å². The number of aryl methyl sites for hydroxylation is 1. The van der Waals surface area contributed by atoms with Crippen molar-refractivity contribution in [2.75, 3.05) is 27.2 Å². The average molecular weight is 440 g/mol. The number of benzene rings is 3. The van der Waals surface area contributed by atoms with Gasteiger partial charge in [0.1, 0.15) is 0 Å². The number of carbonyl (C=O) groups excluding carboxylic acids is 2. The maximum Gasteiger partial charge on any atom is 0.345 e. The molecule has 0 saturated carbocycles. The molecule has 0 aromatic heterocycles. The summed E-state index contributed by atoms with van der Waals surface area (Å²) < 4.78 is 0. The molecule has 0 unspecified atom stereocenters. The first-order chi connectivity index (χ1) is 16.0. The number of piperidine rings is 1. The van der Waals surface area contributed by atoms with E-state index in [1.54, 1.807) is 24.3 Å². The quantitative estimate of drug-likeness (QED) is 0.371. The Hall–Kier alpha value is -4.31. The van der Waals surface area contributed by atoms with Crippen molar-refractivity contribution >= 4 is 40.4 Å². The molecule has 166 valence electrons. The number of anilines is 4. The van der Waals surface area contributed by atoms with Crippen molar-refractivity contribution in [3.8, 4) is 0 Å². The highest BCUT2D eigenvalue weighted by molar-refractivity contribution is 6.03. The Morgan fingerprint density at radius 2 is 1.82 bits per heavy atom. The van der Waals surface area contributed by atoms with Gasteiger partial charge in [-0.1, -0.05) is 30.3 Å². The van der Waals surface area contributed by atoms with Gasteiger partial charge in [0.25, 0.3) is 0 Å². The highest BCUT2D eigenvalue weighted by Crippen LogP contribution is 2.28. The van der Waals surface area contributed by atoms with E-state index in [0.29, 0.717) is 29.2 Å². The third-order valence-electron chi connectivity index (χ3n) is 5.50. The second-order valence-electron chi connectivity index (χ2n) is 7.88. The summed E-state index contributed by atoms with van der Waals surface area (Å²) in [5.74, 6) is 0.141. The molecule has 1 aliphatic rings. The van der Waals surface area contributed by atoms with Crippen molar-refractivity contribution in [1.29, 1.82) is 0 Å². The molecule has 3 aromatic carbocycles. The zero-order chi connectivity index (χ0) is 23.2. The monoisotopic (exact) mass is 439 g/mol. The minimum Gasteiger partial charge on any atom is -0.312 e. The fourth-order valence-electron chi connectivity index (χ4n) is 3.86. The van der Waals surface area contributed by atoms with Gasteiger partial charge in [0.05, 0.1) is 12.3 Å². The van der Waals surface area contributed by atoms with Crippen molar-refractivity contribution in [3.63, 3.8) is 0 Å². The zero-order valence-electron chi connectivity index (χ0n) is 18.4. The highest BCUT2D eigenvalue weighted by atomic mass is 16.2. The molecular formula is C26H25N5O2. The van der Waals surface area contributed by atoms with Crippen LogP contribution >= 0.6 is 0 Å². The summed E-state index contributed by atoms with van der Waals surface area (Å²) in [5.41, 5.74) is 7.28. The molecule has 3 aromatic rings. The predicted octanol–water partition coefficient (Wildman–Crippen LogP) is 6.13. The van der Waals surface area contributed by atoms with E-state index in [9.17, 15) is 9.59 Å². The SMILES string of the molecule is [C-]#[N+]c1cccc(NN(C(=O)Nc2ccc(N3CCCCC3=O)c(C)c2)c2ccccc2)c1. The smallest absolute Gasteiger partial charge is 0.312 e. The van der Waals surface area contributed by atoms with E-state index >= 15 is 0 Å². The number of rotatable bonds is 5. The van der Waals surface area contributed by atoms with Gasteiger partial charge in [-0.25, -0.2) is 14.6 Å². The normalized spacial score (nSPS) is 13.2. The Balaban J connectivity index is 1.56. The van der Waals surface area contributed by atoms with Crippen LogP contribution in [0.2, 0.25) is 0 Å². The maximum absolute atomic E-state index is 13.2. The first kappa shape index (κ1) is 21.9. The standard InChI is InChI=1S/C26H25N5O2/c1-19-17-21(14-15-24(19)30-16-7-6-13-25(30)32)28-26(33)31(23-11-4-3-5-12-23)29-22-10-8-9-20(18-22)27-2/h3-5,8-12,14-15,17-18,29H,6-7,13,16H2,1H3,(H,28,33). The van der Waals surface area contributed by atoms with Gasteiger partial charge in [0.15, 0.2) is 5.69 Å². The van der Waals surface area contributed by atoms with Gasteiger partial charge in [0, 0.05) is 30.0 Å². The second kappa shape index (κ2) is 9.88. The number of amides is 3. The van der Waals surface area contributed by atoms with E-state index in [-0.39, 0.29) is 11.9 Å². The van der Waals surface area contributed by atoms with E-state index in [2.05, 4.69) is 15.6 Å². The molecule has 7 heteroatoms. The van der Waals surface area contributed by atoms with E-state index in [1.807, 2.05) is 60.4 Å². The molecule has 1 heterocycles. The van der Waals surface area contributed by atoms with Gasteiger partial charge in [-0.15, -0.1) is 0 Å². The Morgan fingerprint density at radius 3 is 2.55 bits per heavy atom.